The first-order valence-corrected chi connectivity index (χ1v) is 6.65. The quantitative estimate of drug-likeness (QED) is 0.941. The number of halogens is 1. The molecule has 0 aliphatic heterocycles. The van der Waals surface area contributed by atoms with Crippen molar-refractivity contribution in [2.75, 3.05) is 7.05 Å². The third kappa shape index (κ3) is 3.35. The second-order valence-corrected chi connectivity index (χ2v) is 5.15. The first-order chi connectivity index (χ1) is 9.08. The van der Waals surface area contributed by atoms with E-state index >= 15 is 0 Å². The number of nitrogens with zero attached hydrogens (tertiary/aromatic N) is 1. The monoisotopic (exact) mass is 319 g/mol. The molecule has 19 heavy (non-hydrogen) atoms. The maximum Gasteiger partial charge on any atom is 0.253 e. The van der Waals surface area contributed by atoms with Gasteiger partial charge in [0, 0.05) is 23.6 Å². The molecule has 0 spiro atoms. The molecule has 0 aromatic heterocycles. The summed E-state index contributed by atoms with van der Waals surface area (Å²) < 4.78 is 0.986. The smallest absolute Gasteiger partial charge is 0.253 e. The number of hydrogen-bond acceptors (Lipinski definition) is 2. The van der Waals surface area contributed by atoms with Gasteiger partial charge in [0.05, 0.1) is 0 Å². The fourth-order valence-electron chi connectivity index (χ4n) is 1.78. The van der Waals surface area contributed by atoms with Gasteiger partial charge in [0.15, 0.2) is 0 Å². The number of aromatic hydroxyl groups is 1. The molecule has 0 bridgehead atoms. The average molecular weight is 320 g/mol. The van der Waals surface area contributed by atoms with Crippen LogP contribution in [0.1, 0.15) is 15.9 Å². The minimum atomic E-state index is -0.0734. The van der Waals surface area contributed by atoms with Gasteiger partial charge in [-0.25, -0.2) is 0 Å². The molecule has 0 heterocycles. The largest absolute Gasteiger partial charge is 0.508 e. The van der Waals surface area contributed by atoms with E-state index in [1.807, 2.05) is 24.3 Å². The molecule has 0 saturated carbocycles. The molecule has 2 aromatic rings. The first kappa shape index (κ1) is 13.6. The van der Waals surface area contributed by atoms with Gasteiger partial charge in [-0.3, -0.25) is 4.79 Å². The van der Waals surface area contributed by atoms with Crippen LogP contribution in [-0.2, 0) is 6.54 Å². The van der Waals surface area contributed by atoms with Crippen LogP contribution in [0.5, 0.6) is 5.75 Å². The summed E-state index contributed by atoms with van der Waals surface area (Å²) in [4.78, 5) is 13.8. The molecule has 1 amide bonds. The Kier molecular flexibility index (Phi) is 4.22. The average Bonchev–Trinajstić information content (AvgIpc) is 2.41. The third-order valence-electron chi connectivity index (χ3n) is 2.83. The van der Waals surface area contributed by atoms with Gasteiger partial charge in [-0.05, 0) is 35.9 Å². The number of phenols is 1. The number of carbonyl (C=O) groups is 1. The lowest BCUT2D eigenvalue weighted by Gasteiger charge is -2.18. The molecule has 4 heteroatoms. The summed E-state index contributed by atoms with van der Waals surface area (Å²) in [5, 5.41) is 9.22. The van der Waals surface area contributed by atoms with Crippen LogP contribution in [0.15, 0.2) is 53.0 Å². The van der Waals surface area contributed by atoms with Gasteiger partial charge in [0.25, 0.3) is 5.91 Å². The van der Waals surface area contributed by atoms with Crippen LogP contribution >= 0.6 is 15.9 Å². The summed E-state index contributed by atoms with van der Waals surface area (Å²) in [6, 6.07) is 14.1. The molecule has 3 nitrogen and oxygen atoms in total. The third-order valence-corrected chi connectivity index (χ3v) is 3.60. The molecule has 0 aliphatic rings. The summed E-state index contributed by atoms with van der Waals surface area (Å²) in [6.07, 6.45) is 0. The number of phenolic OH excluding ortho intramolecular Hbond substituents is 1. The minimum Gasteiger partial charge on any atom is -0.508 e. The van der Waals surface area contributed by atoms with Crippen molar-refractivity contribution in [3.63, 3.8) is 0 Å². The van der Waals surface area contributed by atoms with Gasteiger partial charge < -0.3 is 10.0 Å². The van der Waals surface area contributed by atoms with E-state index < -0.39 is 0 Å². The van der Waals surface area contributed by atoms with Crippen molar-refractivity contribution in [3.8, 4) is 5.75 Å². The highest BCUT2D eigenvalue weighted by Crippen LogP contribution is 2.18. The highest BCUT2D eigenvalue weighted by molar-refractivity contribution is 9.10. The molecule has 1 N–H and O–H groups in total. The molecule has 98 valence electrons. The topological polar surface area (TPSA) is 40.5 Å². The Hall–Kier alpha value is -1.81. The van der Waals surface area contributed by atoms with Crippen LogP contribution in [0.3, 0.4) is 0 Å². The summed E-state index contributed by atoms with van der Waals surface area (Å²) >= 11 is 3.47. The van der Waals surface area contributed by atoms with Crippen molar-refractivity contribution in [2.24, 2.45) is 0 Å². The fourth-order valence-corrected chi connectivity index (χ4v) is 2.19. The van der Waals surface area contributed by atoms with Gasteiger partial charge >= 0.3 is 0 Å². The summed E-state index contributed by atoms with van der Waals surface area (Å²) in [7, 11) is 1.76. The molecular formula is C15H14BrNO2. The van der Waals surface area contributed by atoms with Crippen molar-refractivity contribution in [3.05, 3.63) is 64.1 Å². The van der Waals surface area contributed by atoms with E-state index in [0.717, 1.165) is 10.0 Å². The Morgan fingerprint density at radius 3 is 2.42 bits per heavy atom. The van der Waals surface area contributed by atoms with Crippen molar-refractivity contribution < 1.29 is 9.90 Å². The Labute approximate surface area is 120 Å². The molecular weight excluding hydrogens is 306 g/mol. The SMILES string of the molecule is CN(Cc1ccccc1Br)C(=O)c1ccc(O)cc1. The zero-order valence-corrected chi connectivity index (χ0v) is 12.1. The number of hydrogen-bond donors (Lipinski definition) is 1. The Morgan fingerprint density at radius 2 is 1.79 bits per heavy atom. The predicted octanol–water partition coefficient (Wildman–Crippen LogP) is 3.43. The fraction of sp³-hybridized carbons (Fsp3) is 0.133. The zero-order valence-electron chi connectivity index (χ0n) is 10.5. The van der Waals surface area contributed by atoms with Crippen molar-refractivity contribution in [1.29, 1.82) is 0 Å². The van der Waals surface area contributed by atoms with Crippen LogP contribution in [0, 0.1) is 0 Å². The van der Waals surface area contributed by atoms with E-state index in [9.17, 15) is 9.90 Å². The number of benzene rings is 2. The van der Waals surface area contributed by atoms with E-state index in [2.05, 4.69) is 15.9 Å². The number of amides is 1. The Bertz CT molecular complexity index is 581. The maximum absolute atomic E-state index is 12.2. The van der Waals surface area contributed by atoms with Crippen molar-refractivity contribution >= 4 is 21.8 Å². The van der Waals surface area contributed by atoms with Gasteiger partial charge in [-0.2, -0.15) is 0 Å². The lowest BCUT2D eigenvalue weighted by atomic mass is 10.1. The maximum atomic E-state index is 12.2. The Morgan fingerprint density at radius 1 is 1.16 bits per heavy atom. The van der Waals surface area contributed by atoms with E-state index in [0.29, 0.717) is 12.1 Å². The number of carbonyl (C=O) groups excluding carboxylic acids is 1. The van der Waals surface area contributed by atoms with E-state index in [-0.39, 0.29) is 11.7 Å². The van der Waals surface area contributed by atoms with Crippen molar-refractivity contribution in [2.45, 2.75) is 6.54 Å². The summed E-state index contributed by atoms with van der Waals surface area (Å²) in [5.74, 6) is 0.0840. The lowest BCUT2D eigenvalue weighted by molar-refractivity contribution is 0.0785. The summed E-state index contributed by atoms with van der Waals surface area (Å²) in [5.41, 5.74) is 1.62. The molecule has 0 unspecified atom stereocenters. The van der Waals surface area contributed by atoms with E-state index in [1.54, 1.807) is 24.1 Å². The van der Waals surface area contributed by atoms with E-state index in [4.69, 9.17) is 0 Å². The second-order valence-electron chi connectivity index (χ2n) is 4.30. The zero-order chi connectivity index (χ0) is 13.8. The Balaban J connectivity index is 2.12. The van der Waals surface area contributed by atoms with Crippen LogP contribution in [0.25, 0.3) is 0 Å². The molecule has 2 rings (SSSR count). The summed E-state index contributed by atoms with van der Waals surface area (Å²) in [6.45, 7) is 0.529. The molecule has 0 radical (unpaired) electrons. The van der Waals surface area contributed by atoms with Gasteiger partial charge in [-0.15, -0.1) is 0 Å². The van der Waals surface area contributed by atoms with E-state index in [1.165, 1.54) is 12.1 Å². The molecule has 0 fully saturated rings. The highest BCUT2D eigenvalue weighted by Gasteiger charge is 2.12. The van der Waals surface area contributed by atoms with Crippen LogP contribution in [0.2, 0.25) is 0 Å². The van der Waals surface area contributed by atoms with Gasteiger partial charge in [-0.1, -0.05) is 34.1 Å². The molecule has 0 aliphatic carbocycles. The van der Waals surface area contributed by atoms with Crippen LogP contribution < -0.4 is 0 Å². The number of rotatable bonds is 3. The molecule has 2 aromatic carbocycles. The normalized spacial score (nSPS) is 10.2. The van der Waals surface area contributed by atoms with Crippen LogP contribution in [-0.4, -0.2) is 23.0 Å². The minimum absolute atomic E-state index is 0.0734. The van der Waals surface area contributed by atoms with Gasteiger partial charge in [0.2, 0.25) is 0 Å². The first-order valence-electron chi connectivity index (χ1n) is 5.86. The highest BCUT2D eigenvalue weighted by atomic mass is 79.9. The molecule has 0 atom stereocenters. The predicted molar refractivity (Wildman–Crippen MR) is 78.0 cm³/mol. The lowest BCUT2D eigenvalue weighted by Crippen LogP contribution is -2.26. The molecule has 0 saturated heterocycles. The van der Waals surface area contributed by atoms with Gasteiger partial charge in [0.1, 0.15) is 5.75 Å². The second kappa shape index (κ2) is 5.89. The van der Waals surface area contributed by atoms with Crippen LogP contribution in [0.4, 0.5) is 0 Å². The van der Waals surface area contributed by atoms with Crippen molar-refractivity contribution in [1.82, 2.24) is 4.90 Å². The standard InChI is InChI=1S/C15H14BrNO2/c1-17(10-12-4-2-3-5-14(12)16)15(19)11-6-8-13(18)9-7-11/h2-9,18H,10H2,1H3.